The summed E-state index contributed by atoms with van der Waals surface area (Å²) in [7, 11) is 0. The lowest BCUT2D eigenvalue weighted by atomic mass is 10.1. The molecule has 2 aromatic carbocycles. The fourth-order valence-corrected chi connectivity index (χ4v) is 4.33. The van der Waals surface area contributed by atoms with E-state index in [4.69, 9.17) is 4.42 Å². The number of thioether (sulfide) groups is 1. The molecule has 0 aliphatic rings. The van der Waals surface area contributed by atoms with Crippen LogP contribution in [0.1, 0.15) is 21.7 Å². The van der Waals surface area contributed by atoms with Crippen molar-refractivity contribution >= 4 is 45.1 Å². The summed E-state index contributed by atoms with van der Waals surface area (Å²) in [5.74, 6) is 0.181. The number of hydrogen-bond donors (Lipinski definition) is 1. The molecule has 0 saturated heterocycles. The van der Waals surface area contributed by atoms with Gasteiger partial charge in [-0.1, -0.05) is 65.6 Å². The zero-order valence-corrected chi connectivity index (χ0v) is 16.5. The van der Waals surface area contributed by atoms with E-state index in [9.17, 15) is 9.59 Å². The molecule has 0 bridgehead atoms. The first kappa shape index (κ1) is 18.4. The van der Waals surface area contributed by atoms with Gasteiger partial charge < -0.3 is 4.42 Å². The molecular formula is C20H15N3O3S2. The minimum absolute atomic E-state index is 0.0551. The average molecular weight is 409 g/mol. The summed E-state index contributed by atoms with van der Waals surface area (Å²) in [5.41, 5.74) is 2.13. The van der Waals surface area contributed by atoms with Crippen molar-refractivity contribution < 1.29 is 9.21 Å². The molecule has 0 unspecified atom stereocenters. The molecule has 4 aromatic rings. The predicted molar refractivity (Wildman–Crippen MR) is 111 cm³/mol. The van der Waals surface area contributed by atoms with Crippen LogP contribution in [0.4, 0.5) is 5.13 Å². The second kappa shape index (κ2) is 7.95. The highest BCUT2D eigenvalue weighted by molar-refractivity contribution is 8.00. The normalized spacial score (nSPS) is 10.9. The molecule has 2 aromatic heterocycles. The van der Waals surface area contributed by atoms with Gasteiger partial charge in [0.05, 0.1) is 5.39 Å². The van der Waals surface area contributed by atoms with E-state index < -0.39 is 5.91 Å². The highest BCUT2D eigenvalue weighted by atomic mass is 32.2. The van der Waals surface area contributed by atoms with Crippen LogP contribution in [0.3, 0.4) is 0 Å². The molecule has 1 N–H and O–H groups in total. The lowest BCUT2D eigenvalue weighted by Crippen LogP contribution is -2.15. The molecule has 28 heavy (non-hydrogen) atoms. The molecule has 140 valence electrons. The smallest absolute Gasteiger partial charge is 0.293 e. The van der Waals surface area contributed by atoms with Crippen LogP contribution >= 0.6 is 23.1 Å². The van der Waals surface area contributed by atoms with Crippen molar-refractivity contribution in [2.24, 2.45) is 0 Å². The molecular weight excluding hydrogens is 394 g/mol. The second-order valence-corrected chi connectivity index (χ2v) is 8.23. The zero-order chi connectivity index (χ0) is 19.5. The van der Waals surface area contributed by atoms with E-state index in [0.717, 1.165) is 15.7 Å². The van der Waals surface area contributed by atoms with Crippen LogP contribution < -0.4 is 10.7 Å². The van der Waals surface area contributed by atoms with Gasteiger partial charge in [-0.2, -0.15) is 0 Å². The Morgan fingerprint density at radius 2 is 1.96 bits per heavy atom. The molecule has 8 heteroatoms. The number of aryl methyl sites for hydroxylation is 1. The van der Waals surface area contributed by atoms with Crippen LogP contribution in [0.2, 0.25) is 0 Å². The van der Waals surface area contributed by atoms with E-state index in [1.807, 2.05) is 43.3 Å². The molecule has 0 atom stereocenters. The highest BCUT2D eigenvalue weighted by Crippen LogP contribution is 2.28. The molecule has 6 nitrogen and oxygen atoms in total. The van der Waals surface area contributed by atoms with Gasteiger partial charge in [-0.3, -0.25) is 14.9 Å². The van der Waals surface area contributed by atoms with Gasteiger partial charge in [-0.05, 0) is 24.1 Å². The lowest BCUT2D eigenvalue weighted by Gasteiger charge is -2.04. The summed E-state index contributed by atoms with van der Waals surface area (Å²) in [4.78, 5) is 24.8. The first-order valence-corrected chi connectivity index (χ1v) is 10.3. The topological polar surface area (TPSA) is 85.1 Å². The SMILES string of the molecule is Cc1cccc2c(=O)cc(C(=O)Nc3nnc(SCc4ccccc4)s3)oc12. The average Bonchev–Trinajstić information content (AvgIpc) is 3.15. The van der Waals surface area contributed by atoms with Gasteiger partial charge in [-0.15, -0.1) is 10.2 Å². The Labute approximate surface area is 168 Å². The van der Waals surface area contributed by atoms with Crippen molar-refractivity contribution in [2.45, 2.75) is 17.0 Å². The van der Waals surface area contributed by atoms with Gasteiger partial charge in [0.1, 0.15) is 5.58 Å². The third kappa shape index (κ3) is 3.97. The Balaban J connectivity index is 1.48. The minimum atomic E-state index is -0.530. The first-order valence-electron chi connectivity index (χ1n) is 8.45. The predicted octanol–water partition coefficient (Wildman–Crippen LogP) is 4.50. The number of nitrogens with one attached hydrogen (secondary N) is 1. The third-order valence-corrected chi connectivity index (χ3v) is 6.05. The molecule has 4 rings (SSSR count). The Kier molecular flexibility index (Phi) is 5.23. The van der Waals surface area contributed by atoms with E-state index in [-0.39, 0.29) is 11.2 Å². The summed E-state index contributed by atoms with van der Waals surface area (Å²) in [6.45, 7) is 1.83. The maximum absolute atomic E-state index is 12.5. The molecule has 2 heterocycles. The van der Waals surface area contributed by atoms with Gasteiger partial charge in [-0.25, -0.2) is 0 Å². The van der Waals surface area contributed by atoms with Crippen LogP contribution in [-0.4, -0.2) is 16.1 Å². The maximum atomic E-state index is 12.5. The summed E-state index contributed by atoms with van der Waals surface area (Å²) in [5, 5.41) is 11.5. The summed E-state index contributed by atoms with van der Waals surface area (Å²) >= 11 is 2.82. The first-order chi connectivity index (χ1) is 13.6. The summed E-state index contributed by atoms with van der Waals surface area (Å²) in [6, 6.07) is 16.5. The Hall–Kier alpha value is -2.97. The number of para-hydroxylation sites is 1. The number of rotatable bonds is 5. The molecule has 0 fully saturated rings. The van der Waals surface area contributed by atoms with E-state index >= 15 is 0 Å². The standard InChI is InChI=1S/C20H15N3O3S2/c1-12-6-5-9-14-15(24)10-16(26-17(12)14)18(25)21-19-22-23-20(28-19)27-11-13-7-3-2-4-8-13/h2-10H,11H2,1H3,(H,21,22,25). The van der Waals surface area contributed by atoms with Crippen molar-refractivity contribution in [1.29, 1.82) is 0 Å². The number of carbonyl (C=O) groups is 1. The number of carbonyl (C=O) groups excluding carboxylic acids is 1. The summed E-state index contributed by atoms with van der Waals surface area (Å²) in [6.07, 6.45) is 0. The Morgan fingerprint density at radius 3 is 2.79 bits per heavy atom. The van der Waals surface area contributed by atoms with E-state index in [2.05, 4.69) is 15.5 Å². The maximum Gasteiger partial charge on any atom is 0.293 e. The van der Waals surface area contributed by atoms with Crippen molar-refractivity contribution in [1.82, 2.24) is 10.2 Å². The van der Waals surface area contributed by atoms with E-state index in [0.29, 0.717) is 16.1 Å². The van der Waals surface area contributed by atoms with E-state index in [1.165, 1.54) is 23.0 Å². The molecule has 0 aliphatic carbocycles. The van der Waals surface area contributed by atoms with Crippen molar-refractivity contribution in [2.75, 3.05) is 5.32 Å². The quantitative estimate of drug-likeness (QED) is 0.386. The number of hydrogen-bond acceptors (Lipinski definition) is 7. The van der Waals surface area contributed by atoms with E-state index in [1.54, 1.807) is 23.9 Å². The largest absolute Gasteiger partial charge is 0.450 e. The number of fused-ring (bicyclic) bond motifs is 1. The highest BCUT2D eigenvalue weighted by Gasteiger charge is 2.16. The van der Waals surface area contributed by atoms with Crippen molar-refractivity contribution in [3.05, 3.63) is 81.7 Å². The zero-order valence-electron chi connectivity index (χ0n) is 14.8. The monoisotopic (exact) mass is 409 g/mol. The molecule has 0 spiro atoms. The molecule has 1 amide bonds. The van der Waals surface area contributed by atoms with Crippen LogP contribution in [0.25, 0.3) is 11.0 Å². The number of aromatic nitrogens is 2. The number of benzene rings is 2. The van der Waals surface area contributed by atoms with Gasteiger partial charge in [0.2, 0.25) is 5.13 Å². The Bertz CT molecular complexity index is 1200. The molecule has 0 aliphatic heterocycles. The second-order valence-electron chi connectivity index (χ2n) is 6.03. The van der Waals surface area contributed by atoms with Gasteiger partial charge in [0, 0.05) is 11.8 Å². The number of nitrogens with zero attached hydrogens (tertiary/aromatic N) is 2. The fraction of sp³-hybridized carbons (Fsp3) is 0.100. The molecule has 0 saturated carbocycles. The lowest BCUT2D eigenvalue weighted by molar-refractivity contribution is 0.0997. The van der Waals surface area contributed by atoms with Crippen LogP contribution in [0, 0.1) is 6.92 Å². The fourth-order valence-electron chi connectivity index (χ4n) is 2.63. The number of anilines is 1. The van der Waals surface area contributed by atoms with Crippen molar-refractivity contribution in [3.63, 3.8) is 0 Å². The third-order valence-electron chi connectivity index (χ3n) is 4.01. The van der Waals surface area contributed by atoms with Gasteiger partial charge in [0.25, 0.3) is 5.91 Å². The summed E-state index contributed by atoms with van der Waals surface area (Å²) < 4.78 is 6.40. The van der Waals surface area contributed by atoms with Crippen molar-refractivity contribution in [3.8, 4) is 0 Å². The molecule has 0 radical (unpaired) electrons. The number of amides is 1. The van der Waals surface area contributed by atoms with Crippen LogP contribution in [0.15, 0.2) is 68.1 Å². The minimum Gasteiger partial charge on any atom is -0.450 e. The van der Waals surface area contributed by atoms with Crippen LogP contribution in [-0.2, 0) is 5.75 Å². The van der Waals surface area contributed by atoms with Gasteiger partial charge >= 0.3 is 0 Å². The van der Waals surface area contributed by atoms with Crippen LogP contribution in [0.5, 0.6) is 0 Å². The van der Waals surface area contributed by atoms with Gasteiger partial charge in [0.15, 0.2) is 15.5 Å². The Morgan fingerprint density at radius 1 is 1.14 bits per heavy atom.